The number of rotatable bonds is 7. The van der Waals surface area contributed by atoms with Crippen LogP contribution in [0, 0.1) is 0 Å². The molecule has 0 saturated carbocycles. The van der Waals surface area contributed by atoms with Crippen LogP contribution >= 0.6 is 11.6 Å². The Morgan fingerprint density at radius 3 is 2.44 bits per heavy atom. The van der Waals surface area contributed by atoms with E-state index < -0.39 is 0 Å². The first-order chi connectivity index (χ1) is 13.1. The van der Waals surface area contributed by atoms with E-state index in [1.165, 1.54) is 0 Å². The summed E-state index contributed by atoms with van der Waals surface area (Å²) >= 11 is 6.04. The second-order valence-corrected chi connectivity index (χ2v) is 7.03. The molecule has 140 valence electrons. The zero-order valence-corrected chi connectivity index (χ0v) is 16.4. The van der Waals surface area contributed by atoms with E-state index in [2.05, 4.69) is 28.6 Å². The monoisotopic (exact) mass is 381 g/mol. The summed E-state index contributed by atoms with van der Waals surface area (Å²) in [5.41, 5.74) is 2.21. The van der Waals surface area contributed by atoms with Gasteiger partial charge in [0, 0.05) is 43.3 Å². The first-order valence-electron chi connectivity index (χ1n) is 9.13. The fraction of sp³-hybridized carbons (Fsp3) is 0.273. The van der Waals surface area contributed by atoms with Gasteiger partial charge < -0.3 is 9.47 Å². The highest BCUT2D eigenvalue weighted by Gasteiger charge is 2.21. The Hall–Kier alpha value is -2.59. The molecule has 4 nitrogen and oxygen atoms in total. The van der Waals surface area contributed by atoms with Crippen LogP contribution in [0.5, 0.6) is 0 Å². The standard InChI is InChI=1S/C22H24ClN3O/c1-3-26-14-13-24-21(26)16-25(2)22(27)15-20(17-7-5-4-6-8-17)18-9-11-19(23)12-10-18/h4-14,20H,3,15-16H2,1-2H3/t20-/m1/s1. The summed E-state index contributed by atoms with van der Waals surface area (Å²) in [6.07, 6.45) is 4.11. The molecule has 5 heteroatoms. The molecule has 1 amide bonds. The van der Waals surface area contributed by atoms with Gasteiger partial charge in [0.2, 0.25) is 5.91 Å². The van der Waals surface area contributed by atoms with Crippen LogP contribution in [0.25, 0.3) is 0 Å². The molecule has 0 N–H and O–H groups in total. The summed E-state index contributed by atoms with van der Waals surface area (Å²) in [6.45, 7) is 3.41. The predicted molar refractivity (Wildman–Crippen MR) is 109 cm³/mol. The van der Waals surface area contributed by atoms with Crippen molar-refractivity contribution in [2.75, 3.05) is 7.05 Å². The lowest BCUT2D eigenvalue weighted by molar-refractivity contribution is -0.130. The Morgan fingerprint density at radius 1 is 1.11 bits per heavy atom. The summed E-state index contributed by atoms with van der Waals surface area (Å²) in [4.78, 5) is 19.1. The molecule has 27 heavy (non-hydrogen) atoms. The molecule has 0 spiro atoms. The SMILES string of the molecule is CCn1ccnc1CN(C)C(=O)C[C@H](c1ccccc1)c1ccc(Cl)cc1. The smallest absolute Gasteiger partial charge is 0.223 e. The Labute approximate surface area is 165 Å². The number of benzene rings is 2. The van der Waals surface area contributed by atoms with Gasteiger partial charge in [0.25, 0.3) is 0 Å². The summed E-state index contributed by atoms with van der Waals surface area (Å²) in [5.74, 6) is 0.977. The van der Waals surface area contributed by atoms with Gasteiger partial charge in [-0.1, -0.05) is 54.1 Å². The number of hydrogen-bond acceptors (Lipinski definition) is 2. The van der Waals surface area contributed by atoms with E-state index in [0.717, 1.165) is 23.5 Å². The van der Waals surface area contributed by atoms with Gasteiger partial charge in [-0.3, -0.25) is 4.79 Å². The number of aryl methyl sites for hydroxylation is 1. The number of carbonyl (C=O) groups is 1. The third kappa shape index (κ3) is 4.77. The van der Waals surface area contributed by atoms with E-state index in [4.69, 9.17) is 11.6 Å². The Balaban J connectivity index is 1.79. The van der Waals surface area contributed by atoms with Gasteiger partial charge in [0.15, 0.2) is 0 Å². The molecular weight excluding hydrogens is 358 g/mol. The molecule has 1 atom stereocenters. The van der Waals surface area contributed by atoms with Gasteiger partial charge >= 0.3 is 0 Å². The Kier molecular flexibility index (Phi) is 6.30. The van der Waals surface area contributed by atoms with E-state index in [1.807, 2.05) is 55.7 Å². The maximum absolute atomic E-state index is 13.0. The molecule has 0 aliphatic heterocycles. The molecule has 1 aromatic heterocycles. The highest BCUT2D eigenvalue weighted by molar-refractivity contribution is 6.30. The first-order valence-corrected chi connectivity index (χ1v) is 9.50. The van der Waals surface area contributed by atoms with E-state index in [-0.39, 0.29) is 11.8 Å². The van der Waals surface area contributed by atoms with Crippen LogP contribution in [-0.2, 0) is 17.9 Å². The lowest BCUT2D eigenvalue weighted by Gasteiger charge is -2.22. The molecule has 0 aliphatic rings. The van der Waals surface area contributed by atoms with Crippen molar-refractivity contribution in [2.24, 2.45) is 0 Å². The maximum atomic E-state index is 13.0. The fourth-order valence-electron chi connectivity index (χ4n) is 3.22. The summed E-state index contributed by atoms with van der Waals surface area (Å²) in [6, 6.07) is 17.9. The van der Waals surface area contributed by atoms with Crippen molar-refractivity contribution in [3.05, 3.63) is 89.0 Å². The third-order valence-electron chi connectivity index (χ3n) is 4.80. The van der Waals surface area contributed by atoms with E-state index >= 15 is 0 Å². The van der Waals surface area contributed by atoms with Gasteiger partial charge in [-0.2, -0.15) is 0 Å². The second kappa shape index (κ2) is 8.87. The summed E-state index contributed by atoms with van der Waals surface area (Å²) in [5, 5.41) is 0.695. The van der Waals surface area contributed by atoms with Crippen molar-refractivity contribution in [1.29, 1.82) is 0 Å². The lowest BCUT2D eigenvalue weighted by atomic mass is 9.88. The van der Waals surface area contributed by atoms with E-state index in [9.17, 15) is 4.79 Å². The summed E-state index contributed by atoms with van der Waals surface area (Å²) in [7, 11) is 1.83. The largest absolute Gasteiger partial charge is 0.338 e. The van der Waals surface area contributed by atoms with Crippen LogP contribution < -0.4 is 0 Å². The van der Waals surface area contributed by atoms with Crippen molar-refractivity contribution in [1.82, 2.24) is 14.5 Å². The number of halogens is 1. The number of nitrogens with zero attached hydrogens (tertiary/aromatic N) is 3. The Morgan fingerprint density at radius 2 is 1.78 bits per heavy atom. The van der Waals surface area contributed by atoms with Crippen molar-refractivity contribution >= 4 is 17.5 Å². The average Bonchev–Trinajstić information content (AvgIpc) is 3.14. The van der Waals surface area contributed by atoms with Crippen LogP contribution in [0.4, 0.5) is 0 Å². The first kappa shape index (κ1) is 19.2. The van der Waals surface area contributed by atoms with Crippen molar-refractivity contribution < 1.29 is 4.79 Å². The summed E-state index contributed by atoms with van der Waals surface area (Å²) < 4.78 is 2.05. The molecule has 0 saturated heterocycles. The molecule has 0 aliphatic carbocycles. The Bertz CT molecular complexity index is 874. The van der Waals surface area contributed by atoms with Crippen LogP contribution in [0.1, 0.15) is 36.2 Å². The molecule has 0 radical (unpaired) electrons. The molecular formula is C22H24ClN3O. The van der Waals surface area contributed by atoms with Crippen molar-refractivity contribution in [2.45, 2.75) is 32.4 Å². The average molecular weight is 382 g/mol. The van der Waals surface area contributed by atoms with Crippen LogP contribution in [0.15, 0.2) is 67.0 Å². The molecule has 0 unspecified atom stereocenters. The van der Waals surface area contributed by atoms with Gasteiger partial charge in [-0.15, -0.1) is 0 Å². The number of hydrogen-bond donors (Lipinski definition) is 0. The molecule has 0 fully saturated rings. The minimum atomic E-state index is -0.00987. The van der Waals surface area contributed by atoms with Gasteiger partial charge in [-0.05, 0) is 30.2 Å². The highest BCUT2D eigenvalue weighted by Crippen LogP contribution is 2.29. The van der Waals surface area contributed by atoms with Gasteiger partial charge in [-0.25, -0.2) is 4.98 Å². The number of carbonyl (C=O) groups excluding carboxylic acids is 1. The van der Waals surface area contributed by atoms with Gasteiger partial charge in [0.05, 0.1) is 6.54 Å². The number of aromatic nitrogens is 2. The molecule has 3 aromatic rings. The lowest BCUT2D eigenvalue weighted by Crippen LogP contribution is -2.29. The van der Waals surface area contributed by atoms with E-state index in [1.54, 1.807) is 11.1 Å². The topological polar surface area (TPSA) is 38.1 Å². The second-order valence-electron chi connectivity index (χ2n) is 6.60. The zero-order valence-electron chi connectivity index (χ0n) is 15.7. The molecule has 0 bridgehead atoms. The third-order valence-corrected chi connectivity index (χ3v) is 5.05. The zero-order chi connectivity index (χ0) is 19.2. The maximum Gasteiger partial charge on any atom is 0.223 e. The normalized spacial score (nSPS) is 12.0. The number of amides is 1. The van der Waals surface area contributed by atoms with Crippen molar-refractivity contribution in [3.8, 4) is 0 Å². The van der Waals surface area contributed by atoms with Crippen LogP contribution in [0.3, 0.4) is 0 Å². The van der Waals surface area contributed by atoms with Crippen LogP contribution in [-0.4, -0.2) is 27.4 Å². The van der Waals surface area contributed by atoms with Crippen LogP contribution in [0.2, 0.25) is 5.02 Å². The predicted octanol–water partition coefficient (Wildman–Crippen LogP) is 4.74. The molecule has 1 heterocycles. The van der Waals surface area contributed by atoms with Crippen molar-refractivity contribution in [3.63, 3.8) is 0 Å². The minimum absolute atomic E-state index is 0.00987. The highest BCUT2D eigenvalue weighted by atomic mass is 35.5. The molecule has 3 rings (SSSR count). The minimum Gasteiger partial charge on any atom is -0.338 e. The van der Waals surface area contributed by atoms with Gasteiger partial charge in [0.1, 0.15) is 5.82 Å². The number of imidazole rings is 1. The fourth-order valence-corrected chi connectivity index (χ4v) is 3.34. The van der Waals surface area contributed by atoms with E-state index in [0.29, 0.717) is 18.0 Å². The molecule has 2 aromatic carbocycles. The quantitative estimate of drug-likeness (QED) is 0.593.